The molecule has 0 saturated carbocycles. The summed E-state index contributed by atoms with van der Waals surface area (Å²) in [4.78, 5) is 11.4. The van der Waals surface area contributed by atoms with Gasteiger partial charge >= 0.3 is 0 Å². The molecule has 0 aliphatic heterocycles. The minimum absolute atomic E-state index is 0.0424. The fraction of sp³-hybridized carbons (Fsp3) is 0.235. The second-order valence-electron chi connectivity index (χ2n) is 5.34. The normalized spacial score (nSPS) is 12.7. The van der Waals surface area contributed by atoms with Crippen LogP contribution in [0.2, 0.25) is 0 Å². The molecule has 0 bridgehead atoms. The first-order valence-corrected chi connectivity index (χ1v) is 8.84. The highest BCUT2D eigenvalue weighted by Gasteiger charge is 2.08. The van der Waals surface area contributed by atoms with Gasteiger partial charge in [-0.25, -0.2) is 8.42 Å². The maximum atomic E-state index is 11.5. The van der Waals surface area contributed by atoms with E-state index in [2.05, 4.69) is 5.32 Å². The monoisotopic (exact) mass is 317 g/mol. The summed E-state index contributed by atoms with van der Waals surface area (Å²) in [6.45, 7) is 3.42. The highest BCUT2D eigenvalue weighted by Crippen LogP contribution is 2.23. The topological polar surface area (TPSA) is 63.2 Å². The van der Waals surface area contributed by atoms with Crippen molar-refractivity contribution < 1.29 is 13.2 Å². The molecule has 1 N–H and O–H groups in total. The van der Waals surface area contributed by atoms with Gasteiger partial charge in [-0.2, -0.15) is 0 Å². The molecule has 2 aromatic rings. The molecule has 0 heterocycles. The van der Waals surface area contributed by atoms with Crippen LogP contribution in [0.25, 0.3) is 11.1 Å². The Balaban J connectivity index is 2.22. The number of benzene rings is 2. The van der Waals surface area contributed by atoms with E-state index in [0.29, 0.717) is 4.90 Å². The van der Waals surface area contributed by atoms with Crippen LogP contribution >= 0.6 is 0 Å². The van der Waals surface area contributed by atoms with Gasteiger partial charge in [0, 0.05) is 13.2 Å². The lowest BCUT2D eigenvalue weighted by molar-refractivity contribution is -0.119. The minimum Gasteiger partial charge on any atom is -0.350 e. The first-order valence-electron chi connectivity index (χ1n) is 6.95. The second kappa shape index (κ2) is 6.32. The Labute approximate surface area is 131 Å². The van der Waals surface area contributed by atoms with Crippen molar-refractivity contribution in [2.75, 3.05) is 6.26 Å². The van der Waals surface area contributed by atoms with Crippen LogP contribution in [0.3, 0.4) is 0 Å². The summed E-state index contributed by atoms with van der Waals surface area (Å²) in [5, 5.41) is 2.84. The van der Waals surface area contributed by atoms with E-state index in [1.54, 1.807) is 24.3 Å². The molecule has 0 aliphatic carbocycles. The van der Waals surface area contributed by atoms with Gasteiger partial charge in [0.25, 0.3) is 0 Å². The number of carbonyl (C=O) groups excluding carboxylic acids is 1. The molecule has 4 nitrogen and oxygen atoms in total. The first kappa shape index (κ1) is 16.2. The Morgan fingerprint density at radius 3 is 1.82 bits per heavy atom. The number of amides is 1. The third-order valence-electron chi connectivity index (χ3n) is 3.45. The summed E-state index contributed by atoms with van der Waals surface area (Å²) in [6, 6.07) is 14.6. The Morgan fingerprint density at radius 1 is 0.955 bits per heavy atom. The van der Waals surface area contributed by atoms with Gasteiger partial charge in [0.15, 0.2) is 9.84 Å². The van der Waals surface area contributed by atoms with Gasteiger partial charge in [-0.15, -0.1) is 0 Å². The highest BCUT2D eigenvalue weighted by molar-refractivity contribution is 7.90. The lowest BCUT2D eigenvalue weighted by Crippen LogP contribution is -2.23. The zero-order chi connectivity index (χ0) is 16.3. The number of nitrogens with one attached hydrogen (secondary N) is 1. The molecule has 0 aliphatic rings. The van der Waals surface area contributed by atoms with E-state index in [4.69, 9.17) is 0 Å². The van der Waals surface area contributed by atoms with Crippen LogP contribution in [0.15, 0.2) is 53.4 Å². The lowest BCUT2D eigenvalue weighted by atomic mass is 10.0. The van der Waals surface area contributed by atoms with Crippen molar-refractivity contribution in [3.05, 3.63) is 54.1 Å². The molecule has 2 rings (SSSR count). The number of sulfone groups is 1. The minimum atomic E-state index is -3.17. The van der Waals surface area contributed by atoms with Crippen molar-refractivity contribution in [1.29, 1.82) is 0 Å². The molecule has 0 fully saturated rings. The van der Waals surface area contributed by atoms with Crippen molar-refractivity contribution >= 4 is 15.7 Å². The molecule has 22 heavy (non-hydrogen) atoms. The van der Waals surface area contributed by atoms with E-state index < -0.39 is 9.84 Å². The molecule has 1 amide bonds. The van der Waals surface area contributed by atoms with Crippen LogP contribution in [0.4, 0.5) is 0 Å². The van der Waals surface area contributed by atoms with Crippen LogP contribution in [0.5, 0.6) is 0 Å². The summed E-state index contributed by atoms with van der Waals surface area (Å²) in [6.07, 6.45) is 1.19. The standard InChI is InChI=1S/C17H19NO3S/c1-12(18-13(2)19)14-4-6-15(7-5-14)16-8-10-17(11-9-16)22(3,20)21/h4-12H,1-3H3,(H,18,19)/t12-/m0/s1. The summed E-state index contributed by atoms with van der Waals surface area (Å²) >= 11 is 0. The van der Waals surface area contributed by atoms with E-state index in [1.807, 2.05) is 31.2 Å². The van der Waals surface area contributed by atoms with Crippen LogP contribution in [0, 0.1) is 0 Å². The Hall–Kier alpha value is -2.14. The highest BCUT2D eigenvalue weighted by atomic mass is 32.2. The summed E-state index contributed by atoms with van der Waals surface area (Å²) in [7, 11) is -3.17. The third kappa shape index (κ3) is 3.95. The zero-order valence-electron chi connectivity index (χ0n) is 12.8. The molecule has 0 saturated heterocycles. The van der Waals surface area contributed by atoms with Gasteiger partial charge in [-0.05, 0) is 35.7 Å². The maximum Gasteiger partial charge on any atom is 0.217 e. The second-order valence-corrected chi connectivity index (χ2v) is 7.36. The molecule has 1 atom stereocenters. The van der Waals surface area contributed by atoms with Crippen molar-refractivity contribution in [2.45, 2.75) is 24.8 Å². The third-order valence-corrected chi connectivity index (χ3v) is 4.57. The molecule has 0 spiro atoms. The van der Waals surface area contributed by atoms with E-state index in [-0.39, 0.29) is 11.9 Å². The summed E-state index contributed by atoms with van der Waals surface area (Å²) < 4.78 is 22.9. The Kier molecular flexibility index (Phi) is 4.66. The van der Waals surface area contributed by atoms with Crippen LogP contribution in [-0.2, 0) is 14.6 Å². The van der Waals surface area contributed by atoms with Gasteiger partial charge in [0.2, 0.25) is 5.91 Å². The molecular formula is C17H19NO3S. The lowest BCUT2D eigenvalue weighted by Gasteiger charge is -2.13. The van der Waals surface area contributed by atoms with Gasteiger partial charge in [0.05, 0.1) is 10.9 Å². The average molecular weight is 317 g/mol. The molecular weight excluding hydrogens is 298 g/mol. The zero-order valence-corrected chi connectivity index (χ0v) is 13.6. The smallest absolute Gasteiger partial charge is 0.217 e. The van der Waals surface area contributed by atoms with E-state index in [0.717, 1.165) is 16.7 Å². The van der Waals surface area contributed by atoms with Crippen LogP contribution < -0.4 is 5.32 Å². The van der Waals surface area contributed by atoms with Gasteiger partial charge in [-0.3, -0.25) is 4.79 Å². The van der Waals surface area contributed by atoms with Crippen molar-refractivity contribution in [2.24, 2.45) is 0 Å². The van der Waals surface area contributed by atoms with Gasteiger partial charge in [-0.1, -0.05) is 36.4 Å². The molecule has 0 radical (unpaired) electrons. The SMILES string of the molecule is CC(=O)N[C@@H](C)c1ccc(-c2ccc(S(C)(=O)=O)cc2)cc1. The van der Waals surface area contributed by atoms with Crippen molar-refractivity contribution in [3.63, 3.8) is 0 Å². The summed E-state index contributed by atoms with van der Waals surface area (Å²) in [5.41, 5.74) is 2.97. The molecule has 0 unspecified atom stereocenters. The number of rotatable bonds is 4. The molecule has 0 aromatic heterocycles. The number of carbonyl (C=O) groups is 1. The average Bonchev–Trinajstić information content (AvgIpc) is 2.46. The van der Waals surface area contributed by atoms with E-state index >= 15 is 0 Å². The first-order chi connectivity index (χ1) is 10.3. The van der Waals surface area contributed by atoms with Gasteiger partial charge in [0.1, 0.15) is 0 Å². The Bertz CT molecular complexity index is 763. The predicted octanol–water partition coefficient (Wildman–Crippen LogP) is 2.95. The van der Waals surface area contributed by atoms with E-state index in [1.165, 1.54) is 13.2 Å². The fourth-order valence-corrected chi connectivity index (χ4v) is 2.88. The van der Waals surface area contributed by atoms with Crippen LogP contribution in [0.1, 0.15) is 25.5 Å². The Morgan fingerprint density at radius 2 is 1.41 bits per heavy atom. The predicted molar refractivity (Wildman–Crippen MR) is 87.2 cm³/mol. The number of hydrogen-bond donors (Lipinski definition) is 1. The van der Waals surface area contributed by atoms with E-state index in [9.17, 15) is 13.2 Å². The quantitative estimate of drug-likeness (QED) is 0.943. The number of hydrogen-bond acceptors (Lipinski definition) is 3. The van der Waals surface area contributed by atoms with Crippen LogP contribution in [-0.4, -0.2) is 20.6 Å². The molecule has 2 aromatic carbocycles. The largest absolute Gasteiger partial charge is 0.350 e. The molecule has 5 heteroatoms. The van der Waals surface area contributed by atoms with Crippen molar-refractivity contribution in [3.8, 4) is 11.1 Å². The van der Waals surface area contributed by atoms with Crippen molar-refractivity contribution in [1.82, 2.24) is 5.32 Å². The fourth-order valence-electron chi connectivity index (χ4n) is 2.25. The maximum absolute atomic E-state index is 11.5. The molecule has 116 valence electrons. The van der Waals surface area contributed by atoms with Gasteiger partial charge < -0.3 is 5.32 Å². The summed E-state index contributed by atoms with van der Waals surface area (Å²) in [5.74, 6) is -0.0621.